The Morgan fingerprint density at radius 1 is 1.23 bits per heavy atom. The number of ether oxygens (including phenoxy) is 1. The largest absolute Gasteiger partial charge is 0.382 e. The Labute approximate surface area is 157 Å². The number of nitrogens with zero attached hydrogens (tertiary/aromatic N) is 2. The zero-order valence-corrected chi connectivity index (χ0v) is 15.5. The first-order valence-corrected chi connectivity index (χ1v) is 9.11. The summed E-state index contributed by atoms with van der Waals surface area (Å²) in [6, 6.07) is 13.3. The Hall–Kier alpha value is -2.37. The molecular formula is C20H22ClN3O2. The van der Waals surface area contributed by atoms with Gasteiger partial charge in [-0.1, -0.05) is 29.8 Å². The summed E-state index contributed by atoms with van der Waals surface area (Å²) in [5.41, 5.74) is 2.67. The van der Waals surface area contributed by atoms with E-state index in [1.54, 1.807) is 0 Å². The summed E-state index contributed by atoms with van der Waals surface area (Å²) in [7, 11) is 0. The highest BCUT2D eigenvalue weighted by Crippen LogP contribution is 2.18. The fourth-order valence-corrected chi connectivity index (χ4v) is 2.85. The van der Waals surface area contributed by atoms with E-state index in [2.05, 4.69) is 10.4 Å². The summed E-state index contributed by atoms with van der Waals surface area (Å²) < 4.78 is 7.17. The normalized spacial score (nSPS) is 11.0. The van der Waals surface area contributed by atoms with Crippen molar-refractivity contribution in [3.05, 3.63) is 64.8 Å². The van der Waals surface area contributed by atoms with Gasteiger partial charge in [0.05, 0.1) is 18.3 Å². The molecule has 1 N–H and O–H groups in total. The predicted molar refractivity (Wildman–Crippen MR) is 104 cm³/mol. The average molecular weight is 372 g/mol. The number of hydrogen-bond acceptors (Lipinski definition) is 3. The van der Waals surface area contributed by atoms with E-state index < -0.39 is 0 Å². The zero-order valence-electron chi connectivity index (χ0n) is 14.7. The maximum absolute atomic E-state index is 12.4. The monoisotopic (exact) mass is 371 g/mol. The molecule has 0 atom stereocenters. The van der Waals surface area contributed by atoms with Crippen LogP contribution in [0.5, 0.6) is 0 Å². The molecule has 0 aliphatic carbocycles. The Bertz CT molecular complexity index is 874. The molecule has 3 rings (SSSR count). The molecule has 5 nitrogen and oxygen atoms in total. The van der Waals surface area contributed by atoms with Crippen molar-refractivity contribution >= 4 is 28.4 Å². The molecule has 6 heteroatoms. The van der Waals surface area contributed by atoms with Gasteiger partial charge in [0.1, 0.15) is 0 Å². The lowest BCUT2D eigenvalue weighted by Gasteiger charge is -2.07. The van der Waals surface area contributed by atoms with Crippen molar-refractivity contribution in [2.75, 3.05) is 19.8 Å². The van der Waals surface area contributed by atoms with Crippen LogP contribution < -0.4 is 5.32 Å². The molecule has 1 aromatic heterocycles. The number of aromatic nitrogens is 2. The molecule has 0 saturated carbocycles. The minimum Gasteiger partial charge on any atom is -0.382 e. The second kappa shape index (κ2) is 8.83. The Balaban J connectivity index is 1.71. The number of carbonyl (C=O) groups is 1. The van der Waals surface area contributed by atoms with Crippen molar-refractivity contribution in [2.45, 2.75) is 19.9 Å². The molecule has 0 saturated heterocycles. The number of fused-ring (bicyclic) bond motifs is 1. The summed E-state index contributed by atoms with van der Waals surface area (Å²) in [5.74, 6) is -0.0809. The van der Waals surface area contributed by atoms with Crippen LogP contribution >= 0.6 is 11.6 Å². The number of carbonyl (C=O) groups excluding carboxylic acids is 1. The van der Waals surface area contributed by atoms with Crippen molar-refractivity contribution in [3.8, 4) is 0 Å². The van der Waals surface area contributed by atoms with Crippen LogP contribution in [0.1, 0.15) is 29.3 Å². The molecule has 0 radical (unpaired) electrons. The molecule has 1 heterocycles. The molecule has 0 aliphatic rings. The SMILES string of the molecule is CCOCCCNC(=O)c1ccc2cnn(Cc3ccc(Cl)cc3)c2c1. The molecule has 26 heavy (non-hydrogen) atoms. The van der Waals surface area contributed by atoms with Crippen molar-refractivity contribution in [1.82, 2.24) is 15.1 Å². The number of amides is 1. The van der Waals surface area contributed by atoms with Gasteiger partial charge in [-0.25, -0.2) is 0 Å². The lowest BCUT2D eigenvalue weighted by molar-refractivity contribution is 0.0944. The van der Waals surface area contributed by atoms with Crippen LogP contribution in [0.15, 0.2) is 48.7 Å². The molecule has 136 valence electrons. The van der Waals surface area contributed by atoms with Crippen LogP contribution in [-0.2, 0) is 11.3 Å². The molecule has 1 amide bonds. The van der Waals surface area contributed by atoms with Gasteiger partial charge in [0.2, 0.25) is 0 Å². The van der Waals surface area contributed by atoms with Crippen LogP contribution in [-0.4, -0.2) is 35.4 Å². The van der Waals surface area contributed by atoms with E-state index in [1.165, 1.54) is 0 Å². The highest BCUT2D eigenvalue weighted by atomic mass is 35.5. The first-order chi connectivity index (χ1) is 12.7. The smallest absolute Gasteiger partial charge is 0.251 e. The molecule has 0 spiro atoms. The third kappa shape index (κ3) is 4.62. The standard InChI is InChI=1S/C20H22ClN3O2/c1-2-26-11-3-10-22-20(25)16-6-7-17-13-23-24(19(17)12-16)14-15-4-8-18(21)9-5-15/h4-9,12-13H,2-3,10-11,14H2,1H3,(H,22,25). The second-order valence-corrected chi connectivity index (χ2v) is 6.45. The number of benzene rings is 2. The van der Waals surface area contributed by atoms with Crippen LogP contribution in [0.2, 0.25) is 5.02 Å². The van der Waals surface area contributed by atoms with Gasteiger partial charge in [-0.05, 0) is 43.2 Å². The first kappa shape index (κ1) is 18.4. The van der Waals surface area contributed by atoms with Crippen molar-refractivity contribution in [2.24, 2.45) is 0 Å². The van der Waals surface area contributed by atoms with Gasteiger partial charge >= 0.3 is 0 Å². The highest BCUT2D eigenvalue weighted by molar-refractivity contribution is 6.30. The minimum absolute atomic E-state index is 0.0809. The Morgan fingerprint density at radius 2 is 2.04 bits per heavy atom. The van der Waals surface area contributed by atoms with E-state index >= 15 is 0 Å². The Morgan fingerprint density at radius 3 is 2.81 bits per heavy atom. The zero-order chi connectivity index (χ0) is 18.4. The summed E-state index contributed by atoms with van der Waals surface area (Å²) in [6.45, 7) is 4.54. The maximum atomic E-state index is 12.4. The highest BCUT2D eigenvalue weighted by Gasteiger charge is 2.09. The summed E-state index contributed by atoms with van der Waals surface area (Å²) >= 11 is 5.94. The molecule has 2 aromatic carbocycles. The predicted octanol–water partition coefficient (Wildman–Crippen LogP) is 3.89. The van der Waals surface area contributed by atoms with Gasteiger partial charge < -0.3 is 10.1 Å². The lowest BCUT2D eigenvalue weighted by atomic mass is 10.1. The third-order valence-corrected chi connectivity index (χ3v) is 4.36. The molecule has 0 fully saturated rings. The van der Waals surface area contributed by atoms with Crippen LogP contribution in [0, 0.1) is 0 Å². The average Bonchev–Trinajstić information content (AvgIpc) is 3.05. The quantitative estimate of drug-likeness (QED) is 0.611. The van der Waals surface area contributed by atoms with Crippen LogP contribution in [0.4, 0.5) is 0 Å². The number of halogens is 1. The number of hydrogen-bond donors (Lipinski definition) is 1. The molecule has 0 unspecified atom stereocenters. The molecule has 0 bridgehead atoms. The van der Waals surface area contributed by atoms with Gasteiger partial charge in [-0.2, -0.15) is 5.10 Å². The van der Waals surface area contributed by atoms with E-state index in [1.807, 2.05) is 60.3 Å². The topological polar surface area (TPSA) is 56.1 Å². The third-order valence-electron chi connectivity index (χ3n) is 4.11. The molecular weight excluding hydrogens is 350 g/mol. The second-order valence-electron chi connectivity index (χ2n) is 6.01. The number of nitrogens with one attached hydrogen (secondary N) is 1. The molecule has 3 aromatic rings. The van der Waals surface area contributed by atoms with Gasteiger partial charge in [-0.15, -0.1) is 0 Å². The lowest BCUT2D eigenvalue weighted by Crippen LogP contribution is -2.25. The van der Waals surface area contributed by atoms with E-state index in [9.17, 15) is 4.79 Å². The molecule has 0 aliphatic heterocycles. The van der Waals surface area contributed by atoms with Gasteiger partial charge in [0.15, 0.2) is 0 Å². The summed E-state index contributed by atoms with van der Waals surface area (Å²) in [6.07, 6.45) is 2.62. The Kier molecular flexibility index (Phi) is 6.26. The van der Waals surface area contributed by atoms with E-state index in [4.69, 9.17) is 16.3 Å². The van der Waals surface area contributed by atoms with Gasteiger partial charge in [0, 0.05) is 35.7 Å². The van der Waals surface area contributed by atoms with E-state index in [0.29, 0.717) is 36.9 Å². The van der Waals surface area contributed by atoms with E-state index in [0.717, 1.165) is 22.9 Å². The van der Waals surface area contributed by atoms with Gasteiger partial charge in [-0.3, -0.25) is 9.48 Å². The van der Waals surface area contributed by atoms with Crippen molar-refractivity contribution < 1.29 is 9.53 Å². The first-order valence-electron chi connectivity index (χ1n) is 8.73. The van der Waals surface area contributed by atoms with Gasteiger partial charge in [0.25, 0.3) is 5.91 Å². The summed E-state index contributed by atoms with van der Waals surface area (Å²) in [4.78, 5) is 12.4. The minimum atomic E-state index is -0.0809. The summed E-state index contributed by atoms with van der Waals surface area (Å²) in [5, 5.41) is 9.09. The fraction of sp³-hybridized carbons (Fsp3) is 0.300. The van der Waals surface area contributed by atoms with Crippen LogP contribution in [0.3, 0.4) is 0 Å². The maximum Gasteiger partial charge on any atom is 0.251 e. The van der Waals surface area contributed by atoms with Crippen molar-refractivity contribution in [3.63, 3.8) is 0 Å². The van der Waals surface area contributed by atoms with Crippen molar-refractivity contribution in [1.29, 1.82) is 0 Å². The van der Waals surface area contributed by atoms with E-state index in [-0.39, 0.29) is 5.91 Å². The van der Waals surface area contributed by atoms with Crippen LogP contribution in [0.25, 0.3) is 10.9 Å². The number of rotatable bonds is 8. The fourth-order valence-electron chi connectivity index (χ4n) is 2.72.